The van der Waals surface area contributed by atoms with Crippen molar-refractivity contribution in [2.45, 2.75) is 133 Å². The second-order valence-corrected chi connectivity index (χ2v) is 12.4. The minimum Gasteiger partial charge on any atom is -0.0654 e. The van der Waals surface area contributed by atoms with Crippen LogP contribution in [-0.2, 0) is 0 Å². The molecule has 0 radical (unpaired) electrons. The van der Waals surface area contributed by atoms with E-state index >= 15 is 0 Å². The molecule has 0 aromatic heterocycles. The summed E-state index contributed by atoms with van der Waals surface area (Å²) in [5.74, 6) is 8.76. The molecule has 0 aromatic rings. The zero-order chi connectivity index (χ0) is 22.5. The zero-order valence-corrected chi connectivity index (χ0v) is 22.5. The quantitative estimate of drug-likeness (QED) is 0.206. The third-order valence-electron chi connectivity index (χ3n) is 10.5. The van der Waals surface area contributed by atoms with E-state index in [2.05, 4.69) is 62.3 Å². The first-order valence-corrected chi connectivity index (χ1v) is 14.2. The Morgan fingerprint density at radius 1 is 0.700 bits per heavy atom. The molecule has 0 aliphatic heterocycles. The summed E-state index contributed by atoms with van der Waals surface area (Å²) < 4.78 is 0. The highest BCUT2D eigenvalue weighted by molar-refractivity contribution is 5.32. The average molecular weight is 419 g/mol. The summed E-state index contributed by atoms with van der Waals surface area (Å²) in [5.41, 5.74) is 0.776. The molecule has 0 aromatic carbocycles. The predicted molar refractivity (Wildman–Crippen MR) is 136 cm³/mol. The van der Waals surface area contributed by atoms with E-state index < -0.39 is 0 Å². The predicted octanol–water partition coefficient (Wildman–Crippen LogP) is 10.0. The number of unbranched alkanes of at least 4 members (excludes halogenated alkanes) is 4. The third kappa shape index (κ3) is 5.86. The number of hydrogen-bond acceptors (Lipinski definition) is 0. The van der Waals surface area contributed by atoms with Gasteiger partial charge in [0, 0.05) is 0 Å². The molecule has 178 valence electrons. The van der Waals surface area contributed by atoms with Crippen molar-refractivity contribution >= 4 is 0 Å². The fourth-order valence-electron chi connectivity index (χ4n) is 7.60. The Labute approximate surface area is 191 Å². The van der Waals surface area contributed by atoms with Gasteiger partial charge in [-0.05, 0) is 65.1 Å². The molecular formula is C30H58. The Bertz CT molecular complexity index is 480. The van der Waals surface area contributed by atoms with E-state index in [9.17, 15) is 0 Å². The van der Waals surface area contributed by atoms with Gasteiger partial charge in [-0.3, -0.25) is 0 Å². The first-order chi connectivity index (χ1) is 14.2. The molecule has 0 heteroatoms. The molecule has 0 heterocycles. The fraction of sp³-hybridized carbons (Fsp3) is 1.00. The van der Waals surface area contributed by atoms with Crippen LogP contribution in [0.3, 0.4) is 0 Å². The molecule has 0 saturated heterocycles. The summed E-state index contributed by atoms with van der Waals surface area (Å²) in [7, 11) is 0. The zero-order valence-electron chi connectivity index (χ0n) is 22.5. The van der Waals surface area contributed by atoms with E-state index in [4.69, 9.17) is 0 Å². The van der Waals surface area contributed by atoms with Crippen molar-refractivity contribution in [2.75, 3.05) is 0 Å². The van der Waals surface area contributed by atoms with Crippen LogP contribution in [0.25, 0.3) is 0 Å². The summed E-state index contributed by atoms with van der Waals surface area (Å²) >= 11 is 0. The first kappa shape index (κ1) is 26.3. The summed E-state index contributed by atoms with van der Waals surface area (Å²) in [5, 5.41) is 0. The van der Waals surface area contributed by atoms with Gasteiger partial charge < -0.3 is 0 Å². The maximum absolute atomic E-state index is 2.60. The van der Waals surface area contributed by atoms with Gasteiger partial charge in [0.15, 0.2) is 0 Å². The minimum atomic E-state index is 0.776. The van der Waals surface area contributed by atoms with Crippen molar-refractivity contribution in [1.29, 1.82) is 0 Å². The van der Waals surface area contributed by atoms with Crippen molar-refractivity contribution in [3.63, 3.8) is 0 Å². The van der Waals surface area contributed by atoms with Gasteiger partial charge in [0.1, 0.15) is 0 Å². The molecule has 0 N–H and O–H groups in total. The van der Waals surface area contributed by atoms with E-state index in [-0.39, 0.29) is 0 Å². The number of rotatable bonds is 17. The van der Waals surface area contributed by atoms with Crippen LogP contribution in [0.15, 0.2) is 0 Å². The van der Waals surface area contributed by atoms with Crippen molar-refractivity contribution in [2.24, 2.45) is 58.7 Å². The number of hydrogen-bond donors (Lipinski definition) is 0. The summed E-state index contributed by atoms with van der Waals surface area (Å²) in [6.07, 6.45) is 15.8. The van der Waals surface area contributed by atoms with Crippen LogP contribution in [0.1, 0.15) is 133 Å². The molecule has 0 nitrogen and oxygen atoms in total. The SMILES string of the molecule is CCCCCC(C)CC(C)C(C)CCCCCC(C)C12C(C)C1C2C(C)C(C)CC. The lowest BCUT2D eigenvalue weighted by Gasteiger charge is -2.30. The van der Waals surface area contributed by atoms with Gasteiger partial charge >= 0.3 is 0 Å². The first-order valence-electron chi connectivity index (χ1n) is 14.2. The Morgan fingerprint density at radius 3 is 1.93 bits per heavy atom. The van der Waals surface area contributed by atoms with Gasteiger partial charge in [0.25, 0.3) is 0 Å². The molecule has 0 bridgehead atoms. The van der Waals surface area contributed by atoms with Crippen LogP contribution in [0.5, 0.6) is 0 Å². The third-order valence-corrected chi connectivity index (χ3v) is 10.5. The summed E-state index contributed by atoms with van der Waals surface area (Å²) in [6, 6.07) is 0. The van der Waals surface area contributed by atoms with E-state index in [1.165, 1.54) is 70.6 Å². The van der Waals surface area contributed by atoms with Crippen molar-refractivity contribution in [3.8, 4) is 0 Å². The topological polar surface area (TPSA) is 0 Å². The molecule has 2 aliphatic carbocycles. The lowest BCUT2D eigenvalue weighted by atomic mass is 9.75. The molecule has 2 aliphatic rings. The van der Waals surface area contributed by atoms with Gasteiger partial charge in [-0.15, -0.1) is 0 Å². The lowest BCUT2D eigenvalue weighted by Crippen LogP contribution is -2.24. The monoisotopic (exact) mass is 418 g/mol. The van der Waals surface area contributed by atoms with Crippen molar-refractivity contribution in [3.05, 3.63) is 0 Å². The molecule has 0 amide bonds. The Hall–Kier alpha value is 0. The van der Waals surface area contributed by atoms with E-state index in [1.54, 1.807) is 0 Å². The highest BCUT2D eigenvalue weighted by Crippen LogP contribution is 2.89. The van der Waals surface area contributed by atoms with Gasteiger partial charge in [-0.25, -0.2) is 0 Å². The molecule has 10 unspecified atom stereocenters. The second kappa shape index (κ2) is 11.7. The summed E-state index contributed by atoms with van der Waals surface area (Å²) in [6.45, 7) is 22.4. The number of fused-ring (bicyclic) bond motifs is 1. The largest absolute Gasteiger partial charge is 0.0654 e. The van der Waals surface area contributed by atoms with E-state index in [0.717, 1.165) is 58.7 Å². The van der Waals surface area contributed by atoms with Crippen LogP contribution < -0.4 is 0 Å². The highest BCUT2D eigenvalue weighted by atomic mass is 14.9. The normalized spacial score (nSPS) is 33.3. The maximum atomic E-state index is 2.60. The van der Waals surface area contributed by atoms with Crippen LogP contribution in [0.2, 0.25) is 0 Å². The molecule has 0 spiro atoms. The molecule has 2 rings (SSSR count). The van der Waals surface area contributed by atoms with E-state index in [1.807, 2.05) is 0 Å². The van der Waals surface area contributed by atoms with Crippen LogP contribution >= 0.6 is 0 Å². The molecular weight excluding hydrogens is 360 g/mol. The molecule has 2 saturated carbocycles. The summed E-state index contributed by atoms with van der Waals surface area (Å²) in [4.78, 5) is 0. The second-order valence-electron chi connectivity index (χ2n) is 12.4. The Morgan fingerprint density at radius 2 is 1.33 bits per heavy atom. The minimum absolute atomic E-state index is 0.776. The molecule has 30 heavy (non-hydrogen) atoms. The van der Waals surface area contributed by atoms with Crippen LogP contribution in [0, 0.1) is 58.7 Å². The maximum Gasteiger partial charge on any atom is -0.0175 e. The smallest absolute Gasteiger partial charge is 0.0175 e. The van der Waals surface area contributed by atoms with Crippen LogP contribution in [-0.4, -0.2) is 0 Å². The molecule has 10 atom stereocenters. The Kier molecular flexibility index (Phi) is 10.3. The highest BCUT2D eigenvalue weighted by Gasteiger charge is 2.85. The van der Waals surface area contributed by atoms with Gasteiger partial charge in [0.2, 0.25) is 0 Å². The van der Waals surface area contributed by atoms with Gasteiger partial charge in [-0.2, -0.15) is 0 Å². The lowest BCUT2D eigenvalue weighted by molar-refractivity contribution is 0.186. The van der Waals surface area contributed by atoms with Gasteiger partial charge in [0.05, 0.1) is 0 Å². The van der Waals surface area contributed by atoms with Crippen molar-refractivity contribution < 1.29 is 0 Å². The standard InChI is InChI=1S/C30H58/c1-10-12-14-17-21(3)20-24(6)23(5)18-15-13-16-19-25(7)30-27(9)29(30)28(30)26(8)22(4)11-2/h21-29H,10-20H2,1-9H3. The Balaban J connectivity index is 1.59. The average Bonchev–Trinajstić information content (AvgIpc) is 3.59. The van der Waals surface area contributed by atoms with E-state index in [0.29, 0.717) is 0 Å². The van der Waals surface area contributed by atoms with Crippen molar-refractivity contribution in [1.82, 2.24) is 0 Å². The molecule has 2 fully saturated rings. The van der Waals surface area contributed by atoms with Crippen LogP contribution in [0.4, 0.5) is 0 Å². The van der Waals surface area contributed by atoms with Gasteiger partial charge in [-0.1, -0.05) is 127 Å². The fourth-order valence-corrected chi connectivity index (χ4v) is 7.60.